The molecular formula is C20H17N3O4. The molecule has 0 aliphatic carbocycles. The number of aromatic nitrogens is 1. The fourth-order valence-electron chi connectivity index (χ4n) is 2.94. The minimum atomic E-state index is -0.396. The van der Waals surface area contributed by atoms with Gasteiger partial charge in [-0.15, -0.1) is 0 Å². The van der Waals surface area contributed by atoms with Gasteiger partial charge in [0.05, 0.1) is 5.69 Å². The Morgan fingerprint density at radius 2 is 2.00 bits per heavy atom. The van der Waals surface area contributed by atoms with E-state index in [1.807, 2.05) is 37.3 Å². The van der Waals surface area contributed by atoms with Gasteiger partial charge in [0.1, 0.15) is 5.75 Å². The molecule has 4 rings (SSSR count). The van der Waals surface area contributed by atoms with Crippen LogP contribution in [0.5, 0.6) is 5.75 Å². The number of carbonyl (C=O) groups is 2. The van der Waals surface area contributed by atoms with Gasteiger partial charge in [-0.05, 0) is 25.1 Å². The van der Waals surface area contributed by atoms with E-state index in [0.717, 1.165) is 5.56 Å². The third-order valence-corrected chi connectivity index (χ3v) is 4.28. The topological polar surface area (TPSA) is 84.7 Å². The number of carbonyl (C=O) groups excluding carboxylic acids is 2. The fraction of sp³-hybridized carbons (Fsp3) is 0.150. The van der Waals surface area contributed by atoms with Gasteiger partial charge < -0.3 is 19.5 Å². The van der Waals surface area contributed by atoms with E-state index < -0.39 is 5.91 Å². The number of rotatable bonds is 4. The van der Waals surface area contributed by atoms with Crippen LogP contribution in [0.25, 0.3) is 11.3 Å². The predicted molar refractivity (Wildman–Crippen MR) is 99.9 cm³/mol. The zero-order chi connectivity index (χ0) is 18.8. The van der Waals surface area contributed by atoms with Crippen LogP contribution >= 0.6 is 0 Å². The maximum absolute atomic E-state index is 12.5. The molecule has 3 aromatic rings. The van der Waals surface area contributed by atoms with E-state index in [1.54, 1.807) is 29.2 Å². The molecule has 7 heteroatoms. The van der Waals surface area contributed by atoms with Crippen molar-refractivity contribution in [2.24, 2.45) is 0 Å². The molecule has 2 aromatic carbocycles. The Hall–Kier alpha value is -3.61. The van der Waals surface area contributed by atoms with Crippen LogP contribution in [0.15, 0.2) is 59.1 Å². The highest BCUT2D eigenvalue weighted by Gasteiger charge is 2.25. The van der Waals surface area contributed by atoms with Crippen LogP contribution in [0.3, 0.4) is 0 Å². The normalized spacial score (nSPS) is 13.1. The van der Waals surface area contributed by atoms with E-state index in [-0.39, 0.29) is 18.2 Å². The molecule has 0 fully saturated rings. The highest BCUT2D eigenvalue weighted by Crippen LogP contribution is 2.34. The van der Waals surface area contributed by atoms with Gasteiger partial charge in [0.25, 0.3) is 11.8 Å². The molecule has 0 atom stereocenters. The first kappa shape index (κ1) is 16.8. The highest BCUT2D eigenvalue weighted by molar-refractivity contribution is 6.04. The molecule has 0 spiro atoms. The summed E-state index contributed by atoms with van der Waals surface area (Å²) in [6, 6.07) is 16.2. The van der Waals surface area contributed by atoms with E-state index in [9.17, 15) is 9.59 Å². The van der Waals surface area contributed by atoms with Crippen molar-refractivity contribution in [2.75, 3.05) is 23.4 Å². The summed E-state index contributed by atoms with van der Waals surface area (Å²) < 4.78 is 10.7. The third kappa shape index (κ3) is 3.27. The number of fused-ring (bicyclic) bond motifs is 1. The van der Waals surface area contributed by atoms with Crippen LogP contribution in [0.1, 0.15) is 17.4 Å². The molecule has 0 saturated carbocycles. The second kappa shape index (κ2) is 6.95. The van der Waals surface area contributed by atoms with Crippen molar-refractivity contribution in [3.8, 4) is 17.1 Å². The molecule has 27 heavy (non-hydrogen) atoms. The second-order valence-corrected chi connectivity index (χ2v) is 6.01. The molecule has 7 nitrogen and oxygen atoms in total. The van der Waals surface area contributed by atoms with Gasteiger partial charge in [-0.3, -0.25) is 9.59 Å². The predicted octanol–water partition coefficient (Wildman–Crippen LogP) is 3.34. The molecule has 1 aliphatic heterocycles. The summed E-state index contributed by atoms with van der Waals surface area (Å²) in [5.74, 6) is 0.619. The first-order valence-electron chi connectivity index (χ1n) is 8.56. The lowest BCUT2D eigenvalue weighted by Crippen LogP contribution is -2.38. The van der Waals surface area contributed by atoms with Gasteiger partial charge in [0.15, 0.2) is 18.1 Å². The molecule has 136 valence electrons. The fourth-order valence-corrected chi connectivity index (χ4v) is 2.94. The van der Waals surface area contributed by atoms with Crippen molar-refractivity contribution in [3.05, 3.63) is 60.3 Å². The molecular weight excluding hydrogens is 346 g/mol. The van der Waals surface area contributed by atoms with E-state index in [4.69, 9.17) is 9.26 Å². The number of hydrogen-bond acceptors (Lipinski definition) is 5. The van der Waals surface area contributed by atoms with Crippen molar-refractivity contribution in [3.63, 3.8) is 0 Å². The molecule has 0 saturated heterocycles. The Morgan fingerprint density at radius 1 is 1.19 bits per heavy atom. The van der Waals surface area contributed by atoms with Gasteiger partial charge in [0.2, 0.25) is 0 Å². The maximum atomic E-state index is 12.5. The van der Waals surface area contributed by atoms with Crippen LogP contribution < -0.4 is 15.0 Å². The highest BCUT2D eigenvalue weighted by atomic mass is 16.5. The summed E-state index contributed by atoms with van der Waals surface area (Å²) in [6.07, 6.45) is 0. The third-order valence-electron chi connectivity index (χ3n) is 4.28. The Kier molecular flexibility index (Phi) is 4.33. The van der Waals surface area contributed by atoms with E-state index >= 15 is 0 Å². The zero-order valence-corrected chi connectivity index (χ0v) is 14.6. The Balaban J connectivity index is 1.55. The number of benzene rings is 2. The van der Waals surface area contributed by atoms with Crippen molar-refractivity contribution in [1.29, 1.82) is 0 Å². The van der Waals surface area contributed by atoms with Crippen LogP contribution in [-0.2, 0) is 4.79 Å². The Bertz CT molecular complexity index is 997. The first-order chi connectivity index (χ1) is 13.2. The quantitative estimate of drug-likeness (QED) is 0.768. The zero-order valence-electron chi connectivity index (χ0n) is 14.6. The second-order valence-electron chi connectivity index (χ2n) is 6.01. The van der Waals surface area contributed by atoms with E-state index in [2.05, 4.69) is 10.5 Å². The first-order valence-corrected chi connectivity index (χ1v) is 8.56. The van der Waals surface area contributed by atoms with E-state index in [1.165, 1.54) is 0 Å². The number of ether oxygens (including phenoxy) is 1. The van der Waals surface area contributed by atoms with Crippen molar-refractivity contribution < 1.29 is 18.8 Å². The van der Waals surface area contributed by atoms with Gasteiger partial charge in [0, 0.05) is 23.9 Å². The number of nitrogens with zero attached hydrogens (tertiary/aromatic N) is 2. The van der Waals surface area contributed by atoms with Crippen LogP contribution in [0.2, 0.25) is 0 Å². The largest absolute Gasteiger partial charge is 0.482 e. The number of hydrogen-bond donors (Lipinski definition) is 1. The average Bonchev–Trinajstić information content (AvgIpc) is 3.19. The summed E-state index contributed by atoms with van der Waals surface area (Å²) in [5.41, 5.74) is 2.19. The Labute approximate surface area is 155 Å². The Morgan fingerprint density at radius 3 is 2.78 bits per heavy atom. The van der Waals surface area contributed by atoms with Crippen molar-refractivity contribution >= 4 is 23.2 Å². The molecule has 0 radical (unpaired) electrons. The van der Waals surface area contributed by atoms with Gasteiger partial charge in [-0.25, -0.2) is 0 Å². The monoisotopic (exact) mass is 363 g/mol. The molecule has 1 aromatic heterocycles. The maximum Gasteiger partial charge on any atom is 0.277 e. The lowest BCUT2D eigenvalue weighted by molar-refractivity contribution is -0.121. The van der Waals surface area contributed by atoms with Gasteiger partial charge in [-0.1, -0.05) is 35.5 Å². The molecule has 1 aliphatic rings. The summed E-state index contributed by atoms with van der Waals surface area (Å²) in [6.45, 7) is 2.43. The minimum Gasteiger partial charge on any atom is -0.482 e. The number of likely N-dealkylation sites (N-methyl/N-ethyl adjacent to an activating group) is 1. The van der Waals surface area contributed by atoms with Gasteiger partial charge in [-0.2, -0.15) is 0 Å². The van der Waals surface area contributed by atoms with Crippen LogP contribution in [-0.4, -0.2) is 30.1 Å². The summed E-state index contributed by atoms with van der Waals surface area (Å²) >= 11 is 0. The standard InChI is InChI=1S/C20H17N3O4/c1-2-23-16-10-14(8-9-17(16)26-12-19(23)24)21-20(25)15-11-18(27-22-15)13-6-4-3-5-7-13/h3-11H,2,12H2,1H3,(H,21,25). The smallest absolute Gasteiger partial charge is 0.277 e. The molecule has 1 N–H and O–H groups in total. The van der Waals surface area contributed by atoms with Crippen molar-refractivity contribution in [1.82, 2.24) is 5.16 Å². The van der Waals surface area contributed by atoms with Gasteiger partial charge >= 0.3 is 0 Å². The van der Waals surface area contributed by atoms with Crippen LogP contribution in [0.4, 0.5) is 11.4 Å². The average molecular weight is 363 g/mol. The molecule has 2 heterocycles. The summed E-state index contributed by atoms with van der Waals surface area (Å²) in [5, 5.41) is 6.62. The van der Waals surface area contributed by atoms with Crippen molar-refractivity contribution in [2.45, 2.75) is 6.92 Å². The lowest BCUT2D eigenvalue weighted by atomic mass is 10.1. The van der Waals surface area contributed by atoms with Crippen LogP contribution in [0, 0.1) is 0 Å². The number of anilines is 2. The molecule has 0 bridgehead atoms. The number of amides is 2. The lowest BCUT2D eigenvalue weighted by Gasteiger charge is -2.28. The molecule has 2 amide bonds. The summed E-state index contributed by atoms with van der Waals surface area (Å²) in [4.78, 5) is 26.1. The minimum absolute atomic E-state index is 0.0216. The van der Waals surface area contributed by atoms with E-state index in [0.29, 0.717) is 29.4 Å². The summed E-state index contributed by atoms with van der Waals surface area (Å²) in [7, 11) is 0. The molecule has 0 unspecified atom stereocenters. The number of nitrogens with one attached hydrogen (secondary N) is 1. The SMILES string of the molecule is CCN1C(=O)COc2ccc(NC(=O)c3cc(-c4ccccc4)on3)cc21.